The van der Waals surface area contributed by atoms with Crippen molar-refractivity contribution in [3.63, 3.8) is 0 Å². The Bertz CT molecular complexity index is 736. The number of aromatic nitrogens is 1. The van der Waals surface area contributed by atoms with E-state index in [2.05, 4.69) is 10.3 Å². The van der Waals surface area contributed by atoms with Crippen molar-refractivity contribution in [1.29, 1.82) is 0 Å². The summed E-state index contributed by atoms with van der Waals surface area (Å²) in [5.41, 5.74) is -0.127. The van der Waals surface area contributed by atoms with Crippen LogP contribution in [-0.4, -0.2) is 37.7 Å². The summed E-state index contributed by atoms with van der Waals surface area (Å²) in [6, 6.07) is 6.78. The molecule has 0 spiro atoms. The van der Waals surface area contributed by atoms with Gasteiger partial charge >= 0.3 is 5.69 Å². The molecule has 1 aromatic carbocycles. The van der Waals surface area contributed by atoms with Crippen molar-refractivity contribution in [3.05, 3.63) is 68.4 Å². The molecule has 24 heavy (non-hydrogen) atoms. The van der Waals surface area contributed by atoms with Gasteiger partial charge in [0.05, 0.1) is 22.5 Å². The van der Waals surface area contributed by atoms with Crippen molar-refractivity contribution in [3.8, 4) is 0 Å². The summed E-state index contributed by atoms with van der Waals surface area (Å²) in [5, 5.41) is 44.0. The van der Waals surface area contributed by atoms with Crippen LogP contribution in [0, 0.1) is 20.2 Å². The van der Waals surface area contributed by atoms with Crippen molar-refractivity contribution >= 4 is 17.2 Å². The predicted octanol–water partition coefficient (Wildman–Crippen LogP) is 1.40. The third-order valence-corrected chi connectivity index (χ3v) is 3.33. The molecule has 0 bridgehead atoms. The molecule has 10 heteroatoms. The Hall–Kier alpha value is -3.11. The highest BCUT2D eigenvalue weighted by atomic mass is 16.6. The van der Waals surface area contributed by atoms with Crippen LogP contribution in [0.2, 0.25) is 0 Å². The summed E-state index contributed by atoms with van der Waals surface area (Å²) in [5.74, 6) is -0.0949. The molecule has 0 aliphatic carbocycles. The molecule has 3 N–H and O–H groups in total. The van der Waals surface area contributed by atoms with Gasteiger partial charge in [-0.25, -0.2) is 4.98 Å². The fourth-order valence-electron chi connectivity index (χ4n) is 2.08. The first-order chi connectivity index (χ1) is 11.4. The molecule has 1 heterocycles. The van der Waals surface area contributed by atoms with Crippen LogP contribution in [0.4, 0.5) is 17.2 Å². The third-order valence-electron chi connectivity index (χ3n) is 3.33. The lowest BCUT2D eigenvalue weighted by atomic mass is 10.0. The highest BCUT2D eigenvalue weighted by Crippen LogP contribution is 2.26. The van der Waals surface area contributed by atoms with Crippen molar-refractivity contribution in [1.82, 2.24) is 4.98 Å². The van der Waals surface area contributed by atoms with E-state index in [9.17, 15) is 30.4 Å². The summed E-state index contributed by atoms with van der Waals surface area (Å²) in [7, 11) is 0. The first kappa shape index (κ1) is 17.2. The lowest BCUT2D eigenvalue weighted by Crippen LogP contribution is -2.31. The number of benzene rings is 1. The fraction of sp³-hybridized carbons (Fsp3) is 0.214. The second kappa shape index (κ2) is 7.44. The van der Waals surface area contributed by atoms with Gasteiger partial charge in [-0.15, -0.1) is 0 Å². The Morgan fingerprint density at radius 1 is 1.12 bits per heavy atom. The van der Waals surface area contributed by atoms with Crippen LogP contribution in [-0.2, 0) is 0 Å². The molecule has 10 nitrogen and oxygen atoms in total. The van der Waals surface area contributed by atoms with Crippen LogP contribution in [0.25, 0.3) is 0 Å². The SMILES string of the molecule is O=[N+]([O-])c1ccc(C(O)C(CO)Nc2ncccc2[N+](=O)[O-])cc1. The Balaban J connectivity index is 2.22. The third kappa shape index (κ3) is 3.80. The lowest BCUT2D eigenvalue weighted by molar-refractivity contribution is -0.384. The van der Waals surface area contributed by atoms with Crippen molar-refractivity contribution in [2.24, 2.45) is 0 Å². The number of nitro benzene ring substituents is 1. The Morgan fingerprint density at radius 2 is 1.79 bits per heavy atom. The second-order valence-electron chi connectivity index (χ2n) is 4.86. The zero-order valence-corrected chi connectivity index (χ0v) is 12.3. The molecule has 0 radical (unpaired) electrons. The van der Waals surface area contributed by atoms with Gasteiger partial charge in [-0.1, -0.05) is 0 Å². The van der Waals surface area contributed by atoms with Crippen LogP contribution in [0.5, 0.6) is 0 Å². The maximum absolute atomic E-state index is 11.0. The Kier molecular flexibility index (Phi) is 5.35. The standard InChI is InChI=1S/C14H14N4O6/c19-8-11(16-14-12(18(23)24)2-1-7-15-14)13(20)9-3-5-10(6-4-9)17(21)22/h1-7,11,13,19-20H,8H2,(H,15,16). The molecule has 2 aromatic rings. The van der Waals surface area contributed by atoms with Gasteiger partial charge < -0.3 is 15.5 Å². The molecule has 1 aromatic heterocycles. The van der Waals surface area contributed by atoms with E-state index in [0.29, 0.717) is 5.56 Å². The first-order valence-electron chi connectivity index (χ1n) is 6.83. The van der Waals surface area contributed by atoms with E-state index in [4.69, 9.17) is 0 Å². The molecule has 0 amide bonds. The topological polar surface area (TPSA) is 152 Å². The van der Waals surface area contributed by atoms with Crippen LogP contribution in [0.3, 0.4) is 0 Å². The quantitative estimate of drug-likeness (QED) is 0.507. The monoisotopic (exact) mass is 334 g/mol. The van der Waals surface area contributed by atoms with E-state index in [0.717, 1.165) is 0 Å². The van der Waals surface area contributed by atoms with Gasteiger partial charge in [-0.05, 0) is 23.8 Å². The number of nitrogens with zero attached hydrogens (tertiary/aromatic N) is 3. The van der Waals surface area contributed by atoms with Crippen molar-refractivity contribution in [2.75, 3.05) is 11.9 Å². The number of aliphatic hydroxyl groups is 2. The average molecular weight is 334 g/mol. The molecule has 0 saturated heterocycles. The van der Waals surface area contributed by atoms with Gasteiger partial charge in [0, 0.05) is 24.4 Å². The number of nitro groups is 2. The Morgan fingerprint density at radius 3 is 2.33 bits per heavy atom. The van der Waals surface area contributed by atoms with Gasteiger partial charge in [0.1, 0.15) is 6.10 Å². The lowest BCUT2D eigenvalue weighted by Gasteiger charge is -2.22. The van der Waals surface area contributed by atoms with E-state index in [-0.39, 0.29) is 17.2 Å². The van der Waals surface area contributed by atoms with E-state index in [1.54, 1.807) is 0 Å². The van der Waals surface area contributed by atoms with Crippen LogP contribution in [0.15, 0.2) is 42.6 Å². The van der Waals surface area contributed by atoms with Crippen LogP contribution < -0.4 is 5.32 Å². The van der Waals surface area contributed by atoms with Crippen LogP contribution in [0.1, 0.15) is 11.7 Å². The highest BCUT2D eigenvalue weighted by Gasteiger charge is 2.24. The molecule has 126 valence electrons. The van der Waals surface area contributed by atoms with Crippen molar-refractivity contribution in [2.45, 2.75) is 12.1 Å². The van der Waals surface area contributed by atoms with E-state index >= 15 is 0 Å². The van der Waals surface area contributed by atoms with Gasteiger partial charge in [-0.3, -0.25) is 20.2 Å². The molecule has 0 aliphatic heterocycles. The molecule has 2 rings (SSSR count). The second-order valence-corrected chi connectivity index (χ2v) is 4.86. The maximum atomic E-state index is 11.0. The zero-order valence-electron chi connectivity index (χ0n) is 12.3. The van der Waals surface area contributed by atoms with E-state index < -0.39 is 28.6 Å². The highest BCUT2D eigenvalue weighted by molar-refractivity contribution is 5.56. The molecule has 2 atom stereocenters. The molecular formula is C14H14N4O6. The minimum Gasteiger partial charge on any atom is -0.394 e. The molecule has 0 saturated carbocycles. The average Bonchev–Trinajstić information content (AvgIpc) is 2.59. The minimum atomic E-state index is -1.25. The Labute approximate surface area is 135 Å². The summed E-state index contributed by atoms with van der Waals surface area (Å²) in [6.45, 7) is -0.536. The van der Waals surface area contributed by atoms with Gasteiger partial charge in [-0.2, -0.15) is 0 Å². The number of aliphatic hydroxyl groups excluding tert-OH is 2. The van der Waals surface area contributed by atoms with E-state index in [1.807, 2.05) is 0 Å². The van der Waals surface area contributed by atoms with Gasteiger partial charge in [0.2, 0.25) is 5.82 Å². The van der Waals surface area contributed by atoms with Crippen molar-refractivity contribution < 1.29 is 20.1 Å². The summed E-state index contributed by atoms with van der Waals surface area (Å²) >= 11 is 0. The predicted molar refractivity (Wildman–Crippen MR) is 83.4 cm³/mol. The summed E-state index contributed by atoms with van der Waals surface area (Å²) in [6.07, 6.45) is 0.0829. The molecule has 0 fully saturated rings. The largest absolute Gasteiger partial charge is 0.394 e. The number of hydrogen-bond donors (Lipinski definition) is 3. The van der Waals surface area contributed by atoms with Crippen LogP contribution >= 0.6 is 0 Å². The van der Waals surface area contributed by atoms with Gasteiger partial charge in [0.15, 0.2) is 0 Å². The number of nitrogens with one attached hydrogen (secondary N) is 1. The number of anilines is 1. The van der Waals surface area contributed by atoms with Gasteiger partial charge in [0.25, 0.3) is 5.69 Å². The normalized spacial score (nSPS) is 13.1. The summed E-state index contributed by atoms with van der Waals surface area (Å²) in [4.78, 5) is 24.2. The number of hydrogen-bond acceptors (Lipinski definition) is 8. The maximum Gasteiger partial charge on any atom is 0.311 e. The number of pyridine rings is 1. The fourth-order valence-corrected chi connectivity index (χ4v) is 2.08. The molecule has 2 unspecified atom stereocenters. The molecular weight excluding hydrogens is 320 g/mol. The first-order valence-corrected chi connectivity index (χ1v) is 6.83. The molecule has 0 aliphatic rings. The number of non-ortho nitro benzene ring substituents is 1. The smallest absolute Gasteiger partial charge is 0.311 e. The summed E-state index contributed by atoms with van der Waals surface area (Å²) < 4.78 is 0. The minimum absolute atomic E-state index is 0.0949. The van der Waals surface area contributed by atoms with E-state index in [1.165, 1.54) is 42.6 Å². The zero-order chi connectivity index (χ0) is 17.7. The number of rotatable bonds is 7.